The molecule has 80 valence electrons. The maximum Gasteiger partial charge on any atom is 0.280 e. The van der Waals surface area contributed by atoms with Gasteiger partial charge in [-0.1, -0.05) is 0 Å². The van der Waals surface area contributed by atoms with E-state index in [1.807, 2.05) is 0 Å². The predicted molar refractivity (Wildman–Crippen MR) is 50.0 cm³/mol. The number of ether oxygens (including phenoxy) is 1. The highest BCUT2D eigenvalue weighted by Crippen LogP contribution is 2.31. The Hall–Kier alpha value is -1.41. The van der Waals surface area contributed by atoms with Crippen molar-refractivity contribution < 1.29 is 13.5 Å². The zero-order valence-electron chi connectivity index (χ0n) is 7.80. The molecule has 0 unspecified atom stereocenters. The average Bonchev–Trinajstić information content (AvgIpc) is 2.26. The van der Waals surface area contributed by atoms with Gasteiger partial charge in [0, 0.05) is 11.8 Å². The van der Waals surface area contributed by atoms with Gasteiger partial charge in [-0.05, 0) is 0 Å². The summed E-state index contributed by atoms with van der Waals surface area (Å²) in [7, 11) is 1.29. The molecule has 0 fully saturated rings. The second kappa shape index (κ2) is 4.89. The summed E-state index contributed by atoms with van der Waals surface area (Å²) in [6, 6.07) is 1.80. The van der Waals surface area contributed by atoms with E-state index < -0.39 is 12.1 Å². The fourth-order valence-corrected chi connectivity index (χ4v) is 1.44. The van der Waals surface area contributed by atoms with Crippen molar-refractivity contribution in [3.8, 4) is 11.8 Å². The quantitative estimate of drug-likeness (QED) is 0.753. The van der Waals surface area contributed by atoms with Crippen LogP contribution in [0.1, 0.15) is 23.2 Å². The molecule has 0 amide bonds. The van der Waals surface area contributed by atoms with Crippen LogP contribution in [0.2, 0.25) is 0 Å². The number of hydrogen-bond acceptors (Lipinski definition) is 3. The van der Waals surface area contributed by atoms with E-state index in [0.717, 1.165) is 6.20 Å². The minimum atomic E-state index is -2.74. The van der Waals surface area contributed by atoms with E-state index >= 15 is 0 Å². The smallest absolute Gasteiger partial charge is 0.280 e. The number of methoxy groups -OCH3 is 1. The Morgan fingerprint density at radius 1 is 1.67 bits per heavy atom. The molecule has 3 nitrogen and oxygen atoms in total. The van der Waals surface area contributed by atoms with Crippen LogP contribution < -0.4 is 4.74 Å². The Balaban J connectivity index is 3.42. The molecule has 6 heteroatoms. The molecule has 0 aliphatic rings. The number of hydrogen-bond donors (Lipinski definition) is 0. The zero-order valence-corrected chi connectivity index (χ0v) is 8.55. The number of nitriles is 1. The van der Waals surface area contributed by atoms with E-state index in [2.05, 4.69) is 4.98 Å². The number of halogens is 3. The summed E-state index contributed by atoms with van der Waals surface area (Å²) in [4.78, 5) is 3.49. The zero-order chi connectivity index (χ0) is 11.4. The van der Waals surface area contributed by atoms with Crippen LogP contribution in [0.4, 0.5) is 8.78 Å². The summed E-state index contributed by atoms with van der Waals surface area (Å²) < 4.78 is 29.9. The van der Waals surface area contributed by atoms with Crippen molar-refractivity contribution in [3.63, 3.8) is 0 Å². The summed E-state index contributed by atoms with van der Waals surface area (Å²) in [6.45, 7) is 0. The van der Waals surface area contributed by atoms with Crippen LogP contribution in [0.25, 0.3) is 0 Å². The minimum Gasteiger partial charge on any atom is -0.495 e. The first kappa shape index (κ1) is 11.7. The molecule has 1 rings (SSSR count). The van der Waals surface area contributed by atoms with Gasteiger partial charge in [0.25, 0.3) is 6.43 Å². The number of alkyl halides is 3. The van der Waals surface area contributed by atoms with Gasteiger partial charge in [0.1, 0.15) is 23.1 Å². The molecule has 0 aromatic carbocycles. The lowest BCUT2D eigenvalue weighted by Crippen LogP contribution is -2.02. The van der Waals surface area contributed by atoms with Crippen molar-refractivity contribution in [1.29, 1.82) is 5.26 Å². The number of rotatable bonds is 3. The lowest BCUT2D eigenvalue weighted by atomic mass is 10.1. The van der Waals surface area contributed by atoms with Gasteiger partial charge in [-0.3, -0.25) is 4.98 Å². The molecule has 0 radical (unpaired) electrons. The summed E-state index contributed by atoms with van der Waals surface area (Å²) in [6.07, 6.45) is -1.68. The van der Waals surface area contributed by atoms with Gasteiger partial charge < -0.3 is 4.74 Å². The van der Waals surface area contributed by atoms with Crippen molar-refractivity contribution >= 4 is 11.6 Å². The second-order valence-corrected chi connectivity index (χ2v) is 2.88. The van der Waals surface area contributed by atoms with Gasteiger partial charge in [-0.2, -0.15) is 5.26 Å². The van der Waals surface area contributed by atoms with Gasteiger partial charge in [0.2, 0.25) is 0 Å². The second-order valence-electron chi connectivity index (χ2n) is 2.62. The first-order chi connectivity index (χ1) is 7.15. The molecule has 1 heterocycles. The van der Waals surface area contributed by atoms with Crippen molar-refractivity contribution in [1.82, 2.24) is 4.98 Å². The third kappa shape index (κ3) is 2.16. The molecule has 0 aliphatic heterocycles. The molecule has 0 saturated heterocycles. The molecule has 15 heavy (non-hydrogen) atoms. The van der Waals surface area contributed by atoms with Crippen molar-refractivity contribution in [2.45, 2.75) is 12.3 Å². The number of aromatic nitrogens is 1. The molecule has 0 saturated carbocycles. The maximum atomic E-state index is 12.5. The molecule has 0 bridgehead atoms. The lowest BCUT2D eigenvalue weighted by Gasteiger charge is -2.11. The Labute approximate surface area is 90.3 Å². The molecule has 1 aromatic rings. The average molecular weight is 233 g/mol. The lowest BCUT2D eigenvalue weighted by molar-refractivity contribution is 0.144. The fourth-order valence-electron chi connectivity index (χ4n) is 1.18. The molecular weight excluding hydrogens is 226 g/mol. The van der Waals surface area contributed by atoms with Gasteiger partial charge in [0.05, 0.1) is 13.0 Å². The van der Waals surface area contributed by atoms with E-state index in [1.54, 1.807) is 6.07 Å². The SMILES string of the molecule is COc1c(C#N)cnc(C(F)F)c1CCl. The van der Waals surface area contributed by atoms with Gasteiger partial charge >= 0.3 is 0 Å². The van der Waals surface area contributed by atoms with Crippen molar-refractivity contribution in [2.75, 3.05) is 7.11 Å². The van der Waals surface area contributed by atoms with Gasteiger partial charge in [-0.25, -0.2) is 8.78 Å². The van der Waals surface area contributed by atoms with Crippen molar-refractivity contribution in [2.24, 2.45) is 0 Å². The fraction of sp³-hybridized carbons (Fsp3) is 0.333. The maximum absolute atomic E-state index is 12.5. The van der Waals surface area contributed by atoms with Crippen LogP contribution in [-0.2, 0) is 5.88 Å². The van der Waals surface area contributed by atoms with Crippen LogP contribution in [0.15, 0.2) is 6.20 Å². The Morgan fingerprint density at radius 2 is 2.33 bits per heavy atom. The van der Waals surface area contributed by atoms with Crippen LogP contribution in [0.5, 0.6) is 5.75 Å². The molecule has 0 N–H and O–H groups in total. The molecular formula is C9H7ClF2N2O. The highest BCUT2D eigenvalue weighted by molar-refractivity contribution is 6.17. The predicted octanol–water partition coefficient (Wildman–Crippen LogP) is 2.64. The third-order valence-corrected chi connectivity index (χ3v) is 2.09. The van der Waals surface area contributed by atoms with E-state index in [1.165, 1.54) is 7.11 Å². The highest BCUT2D eigenvalue weighted by atomic mass is 35.5. The van der Waals surface area contributed by atoms with Crippen LogP contribution >= 0.6 is 11.6 Å². The summed E-state index contributed by atoms with van der Waals surface area (Å²) >= 11 is 5.53. The van der Waals surface area contributed by atoms with Crippen LogP contribution in [-0.4, -0.2) is 12.1 Å². The first-order valence-electron chi connectivity index (χ1n) is 3.95. The molecule has 1 aromatic heterocycles. The summed E-state index contributed by atoms with van der Waals surface area (Å²) in [5.41, 5.74) is -0.286. The summed E-state index contributed by atoms with van der Waals surface area (Å²) in [5, 5.41) is 8.70. The van der Waals surface area contributed by atoms with Crippen LogP contribution in [0.3, 0.4) is 0 Å². The largest absolute Gasteiger partial charge is 0.495 e. The Kier molecular flexibility index (Phi) is 3.81. The Bertz CT molecular complexity index is 404. The summed E-state index contributed by atoms with van der Waals surface area (Å²) in [5.74, 6) is -0.108. The van der Waals surface area contributed by atoms with Gasteiger partial charge in [0.15, 0.2) is 0 Å². The third-order valence-electron chi connectivity index (χ3n) is 1.83. The number of pyridine rings is 1. The minimum absolute atomic E-state index is 0.0632. The molecule has 0 aliphatic carbocycles. The highest BCUT2D eigenvalue weighted by Gasteiger charge is 2.20. The topological polar surface area (TPSA) is 45.9 Å². The normalized spacial score (nSPS) is 10.1. The van der Waals surface area contributed by atoms with E-state index in [-0.39, 0.29) is 22.8 Å². The number of nitrogens with zero attached hydrogens (tertiary/aromatic N) is 2. The molecule has 0 spiro atoms. The monoisotopic (exact) mass is 232 g/mol. The van der Waals surface area contributed by atoms with E-state index in [4.69, 9.17) is 21.6 Å². The van der Waals surface area contributed by atoms with Crippen LogP contribution in [0, 0.1) is 11.3 Å². The van der Waals surface area contributed by atoms with E-state index in [9.17, 15) is 8.78 Å². The Morgan fingerprint density at radius 3 is 2.73 bits per heavy atom. The first-order valence-corrected chi connectivity index (χ1v) is 4.49. The molecule has 0 atom stereocenters. The standard InChI is InChI=1S/C9H7ClF2N2O/c1-15-8-5(3-13)4-14-7(9(11)12)6(8)2-10/h4,9H,2H2,1H3. The van der Waals surface area contributed by atoms with Gasteiger partial charge in [-0.15, -0.1) is 11.6 Å². The van der Waals surface area contributed by atoms with E-state index in [0.29, 0.717) is 0 Å². The van der Waals surface area contributed by atoms with Crippen molar-refractivity contribution in [3.05, 3.63) is 23.0 Å².